The SMILES string of the molecule is CCN1CCN(CCCOc2cccc(N)c2)C(=O)C1=O. The molecule has 21 heavy (non-hydrogen) atoms. The molecule has 0 radical (unpaired) electrons. The van der Waals surface area contributed by atoms with Gasteiger partial charge >= 0.3 is 11.8 Å². The summed E-state index contributed by atoms with van der Waals surface area (Å²) >= 11 is 0. The average molecular weight is 291 g/mol. The van der Waals surface area contributed by atoms with Crippen LogP contribution in [0.15, 0.2) is 24.3 Å². The molecule has 1 aromatic carbocycles. The number of hydrogen-bond acceptors (Lipinski definition) is 4. The summed E-state index contributed by atoms with van der Waals surface area (Å²) in [6.45, 7) is 4.68. The van der Waals surface area contributed by atoms with Gasteiger partial charge in [-0.25, -0.2) is 0 Å². The van der Waals surface area contributed by atoms with E-state index >= 15 is 0 Å². The molecular weight excluding hydrogens is 270 g/mol. The van der Waals surface area contributed by atoms with E-state index in [2.05, 4.69) is 0 Å². The number of nitrogen functional groups attached to an aromatic ring is 1. The van der Waals surface area contributed by atoms with Gasteiger partial charge in [-0.1, -0.05) is 6.07 Å². The number of amides is 2. The number of ether oxygens (including phenoxy) is 1. The summed E-state index contributed by atoms with van der Waals surface area (Å²) in [5, 5.41) is 0. The van der Waals surface area contributed by atoms with E-state index in [0.717, 1.165) is 0 Å². The molecule has 114 valence electrons. The van der Waals surface area contributed by atoms with E-state index in [1.807, 2.05) is 19.1 Å². The molecule has 0 unspecified atom stereocenters. The molecule has 1 fully saturated rings. The number of nitrogens with zero attached hydrogens (tertiary/aromatic N) is 2. The van der Waals surface area contributed by atoms with Gasteiger partial charge in [0.2, 0.25) is 0 Å². The lowest BCUT2D eigenvalue weighted by Gasteiger charge is -2.33. The van der Waals surface area contributed by atoms with Gasteiger partial charge in [0.1, 0.15) is 5.75 Å². The van der Waals surface area contributed by atoms with E-state index in [-0.39, 0.29) is 0 Å². The van der Waals surface area contributed by atoms with Gasteiger partial charge in [0.05, 0.1) is 6.61 Å². The Morgan fingerprint density at radius 3 is 2.62 bits per heavy atom. The number of nitrogens with two attached hydrogens (primary N) is 1. The lowest BCUT2D eigenvalue weighted by Crippen LogP contribution is -2.54. The van der Waals surface area contributed by atoms with Gasteiger partial charge in [0.25, 0.3) is 0 Å². The molecule has 2 amide bonds. The maximum Gasteiger partial charge on any atom is 0.312 e. The average Bonchev–Trinajstić information content (AvgIpc) is 2.48. The Labute approximate surface area is 124 Å². The minimum atomic E-state index is -0.410. The van der Waals surface area contributed by atoms with Crippen molar-refractivity contribution in [3.05, 3.63) is 24.3 Å². The van der Waals surface area contributed by atoms with Crippen molar-refractivity contribution < 1.29 is 14.3 Å². The summed E-state index contributed by atoms with van der Waals surface area (Å²) in [5.41, 5.74) is 6.32. The molecule has 1 aliphatic heterocycles. The number of hydrogen-bond donors (Lipinski definition) is 1. The standard InChI is InChI=1S/C15H21N3O3/c1-2-17-8-9-18(15(20)14(17)19)7-4-10-21-13-6-3-5-12(16)11-13/h3,5-6,11H,2,4,7-10,16H2,1H3. The monoisotopic (exact) mass is 291 g/mol. The molecule has 0 bridgehead atoms. The van der Waals surface area contributed by atoms with Crippen molar-refractivity contribution in [3.8, 4) is 5.75 Å². The van der Waals surface area contributed by atoms with Crippen LogP contribution in [0.25, 0.3) is 0 Å². The molecular formula is C15H21N3O3. The summed E-state index contributed by atoms with van der Waals surface area (Å²) in [6, 6.07) is 7.22. The van der Waals surface area contributed by atoms with Gasteiger partial charge in [-0.3, -0.25) is 9.59 Å². The predicted molar refractivity (Wildman–Crippen MR) is 79.8 cm³/mol. The molecule has 1 aromatic rings. The van der Waals surface area contributed by atoms with Gasteiger partial charge in [0, 0.05) is 37.9 Å². The molecule has 6 nitrogen and oxygen atoms in total. The molecule has 1 aliphatic rings. The summed E-state index contributed by atoms with van der Waals surface area (Å²) in [7, 11) is 0. The maximum atomic E-state index is 11.9. The number of carbonyl (C=O) groups excluding carboxylic acids is 2. The second-order valence-electron chi connectivity index (χ2n) is 4.95. The van der Waals surface area contributed by atoms with E-state index in [0.29, 0.717) is 50.6 Å². The molecule has 0 atom stereocenters. The Kier molecular flexibility index (Phi) is 5.03. The van der Waals surface area contributed by atoms with E-state index in [1.165, 1.54) is 0 Å². The fraction of sp³-hybridized carbons (Fsp3) is 0.467. The van der Waals surface area contributed by atoms with E-state index < -0.39 is 11.8 Å². The van der Waals surface area contributed by atoms with E-state index in [1.54, 1.807) is 21.9 Å². The normalized spacial score (nSPS) is 15.5. The van der Waals surface area contributed by atoms with E-state index in [4.69, 9.17) is 10.5 Å². The molecule has 0 aliphatic carbocycles. The minimum absolute atomic E-state index is 0.402. The topological polar surface area (TPSA) is 75.9 Å². The second kappa shape index (κ2) is 6.97. The number of anilines is 1. The molecule has 0 saturated carbocycles. The Balaban J connectivity index is 1.74. The van der Waals surface area contributed by atoms with Gasteiger partial charge in [-0.15, -0.1) is 0 Å². The maximum absolute atomic E-state index is 11.9. The highest BCUT2D eigenvalue weighted by Crippen LogP contribution is 2.14. The Hall–Kier alpha value is -2.24. The van der Waals surface area contributed by atoms with Gasteiger partial charge in [-0.05, 0) is 25.5 Å². The first kappa shape index (κ1) is 15.2. The van der Waals surface area contributed by atoms with Crippen molar-refractivity contribution >= 4 is 17.5 Å². The van der Waals surface area contributed by atoms with Crippen LogP contribution in [-0.4, -0.2) is 54.4 Å². The second-order valence-corrected chi connectivity index (χ2v) is 4.95. The highest BCUT2D eigenvalue weighted by atomic mass is 16.5. The van der Waals surface area contributed by atoms with Crippen LogP contribution in [0.5, 0.6) is 5.75 Å². The fourth-order valence-corrected chi connectivity index (χ4v) is 2.28. The molecule has 0 spiro atoms. The zero-order valence-corrected chi connectivity index (χ0v) is 12.2. The van der Waals surface area contributed by atoms with Crippen LogP contribution in [0.4, 0.5) is 5.69 Å². The van der Waals surface area contributed by atoms with Crippen molar-refractivity contribution in [1.29, 1.82) is 0 Å². The lowest BCUT2D eigenvalue weighted by molar-refractivity contribution is -0.155. The number of rotatable bonds is 6. The third-order valence-electron chi connectivity index (χ3n) is 3.48. The zero-order valence-electron chi connectivity index (χ0n) is 12.2. The molecule has 0 aromatic heterocycles. The van der Waals surface area contributed by atoms with Crippen LogP contribution in [0.1, 0.15) is 13.3 Å². The summed E-state index contributed by atoms with van der Waals surface area (Å²) in [4.78, 5) is 26.8. The highest BCUT2D eigenvalue weighted by molar-refractivity contribution is 6.35. The van der Waals surface area contributed by atoms with Crippen molar-refractivity contribution in [2.75, 3.05) is 38.5 Å². The number of likely N-dealkylation sites (N-methyl/N-ethyl adjacent to an activating group) is 1. The first-order chi connectivity index (χ1) is 10.1. The Morgan fingerprint density at radius 2 is 1.90 bits per heavy atom. The third-order valence-corrected chi connectivity index (χ3v) is 3.48. The largest absolute Gasteiger partial charge is 0.493 e. The number of piperazine rings is 1. The molecule has 2 N–H and O–H groups in total. The van der Waals surface area contributed by atoms with Crippen molar-refractivity contribution in [2.45, 2.75) is 13.3 Å². The molecule has 6 heteroatoms. The summed E-state index contributed by atoms with van der Waals surface area (Å²) in [5.74, 6) is -0.0965. The van der Waals surface area contributed by atoms with Crippen molar-refractivity contribution in [1.82, 2.24) is 9.80 Å². The van der Waals surface area contributed by atoms with E-state index in [9.17, 15) is 9.59 Å². The highest BCUT2D eigenvalue weighted by Gasteiger charge is 2.30. The molecule has 2 rings (SSSR count). The van der Waals surface area contributed by atoms with Crippen LogP contribution in [0.2, 0.25) is 0 Å². The van der Waals surface area contributed by atoms with Gasteiger partial charge < -0.3 is 20.3 Å². The fourth-order valence-electron chi connectivity index (χ4n) is 2.28. The van der Waals surface area contributed by atoms with Crippen molar-refractivity contribution in [3.63, 3.8) is 0 Å². The number of benzene rings is 1. The first-order valence-corrected chi connectivity index (χ1v) is 7.18. The first-order valence-electron chi connectivity index (χ1n) is 7.18. The molecule has 1 heterocycles. The third kappa shape index (κ3) is 3.87. The smallest absolute Gasteiger partial charge is 0.312 e. The predicted octanol–water partition coefficient (Wildman–Crippen LogP) is 0.728. The van der Waals surface area contributed by atoms with Crippen LogP contribution in [-0.2, 0) is 9.59 Å². The van der Waals surface area contributed by atoms with Crippen molar-refractivity contribution in [2.24, 2.45) is 0 Å². The Bertz CT molecular complexity index is 519. The van der Waals surface area contributed by atoms with Crippen LogP contribution < -0.4 is 10.5 Å². The summed E-state index contributed by atoms with van der Waals surface area (Å²) in [6.07, 6.45) is 0.681. The van der Waals surface area contributed by atoms with Crippen LogP contribution in [0.3, 0.4) is 0 Å². The lowest BCUT2D eigenvalue weighted by atomic mass is 10.2. The molecule has 1 saturated heterocycles. The van der Waals surface area contributed by atoms with Crippen LogP contribution >= 0.6 is 0 Å². The Morgan fingerprint density at radius 1 is 1.19 bits per heavy atom. The number of carbonyl (C=O) groups is 2. The zero-order chi connectivity index (χ0) is 15.2. The van der Waals surface area contributed by atoms with Gasteiger partial charge in [0.15, 0.2) is 0 Å². The minimum Gasteiger partial charge on any atom is -0.493 e. The van der Waals surface area contributed by atoms with Crippen LogP contribution in [0, 0.1) is 0 Å². The summed E-state index contributed by atoms with van der Waals surface area (Å²) < 4.78 is 5.57. The quantitative estimate of drug-likeness (QED) is 0.476. The van der Waals surface area contributed by atoms with Gasteiger partial charge in [-0.2, -0.15) is 0 Å².